The van der Waals surface area contributed by atoms with E-state index in [0.29, 0.717) is 12.4 Å². The number of carbonyl (C=O) groups excluding carboxylic acids is 1. The quantitative estimate of drug-likeness (QED) is 0.772. The molecule has 0 unspecified atom stereocenters. The fraction of sp³-hybridized carbons (Fsp3) is 0.625. The summed E-state index contributed by atoms with van der Waals surface area (Å²) in [6, 6.07) is 3.82. The Kier molecular flexibility index (Phi) is 6.62. The zero-order valence-corrected chi connectivity index (χ0v) is 13.7. The number of nitrogens with zero attached hydrogens (tertiary/aromatic N) is 1. The van der Waals surface area contributed by atoms with Crippen LogP contribution in [0, 0.1) is 0 Å². The van der Waals surface area contributed by atoms with Crippen molar-refractivity contribution in [2.45, 2.75) is 59.2 Å². The van der Waals surface area contributed by atoms with Crippen LogP contribution < -0.4 is 15.4 Å². The molecule has 0 atom stereocenters. The average molecular weight is 293 g/mol. The van der Waals surface area contributed by atoms with Gasteiger partial charge >= 0.3 is 0 Å². The van der Waals surface area contributed by atoms with Gasteiger partial charge in [0.1, 0.15) is 0 Å². The Morgan fingerprint density at radius 3 is 2.76 bits per heavy atom. The van der Waals surface area contributed by atoms with Gasteiger partial charge in [-0.05, 0) is 40.2 Å². The molecular weight excluding hydrogens is 266 g/mol. The fourth-order valence-electron chi connectivity index (χ4n) is 1.71. The number of aromatic nitrogens is 1. The lowest BCUT2D eigenvalue weighted by molar-refractivity contribution is -0.121. The number of hydrogen-bond donors (Lipinski definition) is 2. The normalized spacial score (nSPS) is 11.5. The summed E-state index contributed by atoms with van der Waals surface area (Å²) in [6.45, 7) is 10.8. The second-order valence-corrected chi connectivity index (χ2v) is 6.02. The smallest absolute Gasteiger partial charge is 0.234 e. The second kappa shape index (κ2) is 7.98. The summed E-state index contributed by atoms with van der Waals surface area (Å²) in [4.78, 5) is 16.1. The Morgan fingerprint density at radius 1 is 1.43 bits per heavy atom. The van der Waals surface area contributed by atoms with E-state index < -0.39 is 0 Å². The third kappa shape index (κ3) is 6.58. The molecule has 0 fully saturated rings. The van der Waals surface area contributed by atoms with Crippen molar-refractivity contribution < 1.29 is 9.53 Å². The van der Waals surface area contributed by atoms with E-state index in [1.165, 1.54) is 0 Å². The van der Waals surface area contributed by atoms with Crippen molar-refractivity contribution in [3.63, 3.8) is 0 Å². The lowest BCUT2D eigenvalue weighted by Gasteiger charge is -2.24. The molecule has 0 saturated carbocycles. The van der Waals surface area contributed by atoms with Gasteiger partial charge in [-0.25, -0.2) is 4.98 Å². The highest BCUT2D eigenvalue weighted by molar-refractivity contribution is 5.78. The molecule has 0 aliphatic heterocycles. The van der Waals surface area contributed by atoms with Gasteiger partial charge in [0.25, 0.3) is 0 Å². The van der Waals surface area contributed by atoms with Crippen molar-refractivity contribution in [1.82, 2.24) is 15.6 Å². The van der Waals surface area contributed by atoms with Gasteiger partial charge in [0, 0.05) is 23.8 Å². The Hall–Kier alpha value is -1.62. The summed E-state index contributed by atoms with van der Waals surface area (Å²) < 4.78 is 5.65. The molecule has 1 amide bonds. The van der Waals surface area contributed by atoms with E-state index in [1.54, 1.807) is 6.20 Å². The molecule has 1 rings (SSSR count). The molecule has 21 heavy (non-hydrogen) atoms. The molecule has 1 aromatic rings. The number of rotatable bonds is 8. The van der Waals surface area contributed by atoms with Gasteiger partial charge in [0.15, 0.2) is 0 Å². The zero-order chi connectivity index (χ0) is 15.9. The first-order valence-corrected chi connectivity index (χ1v) is 7.46. The van der Waals surface area contributed by atoms with Crippen LogP contribution in [0.15, 0.2) is 18.3 Å². The van der Waals surface area contributed by atoms with Gasteiger partial charge in [-0.15, -0.1) is 0 Å². The molecule has 5 heteroatoms. The Labute approximate surface area is 127 Å². The van der Waals surface area contributed by atoms with Crippen LogP contribution in [0.1, 0.15) is 46.6 Å². The van der Waals surface area contributed by atoms with Gasteiger partial charge in [0.05, 0.1) is 12.6 Å². The SMILES string of the molecule is CCC(C)(C)NC(=O)CNCc1cccnc1OC(C)C. The maximum Gasteiger partial charge on any atom is 0.234 e. The summed E-state index contributed by atoms with van der Waals surface area (Å²) >= 11 is 0. The van der Waals surface area contributed by atoms with Gasteiger partial charge in [-0.1, -0.05) is 13.0 Å². The summed E-state index contributed by atoms with van der Waals surface area (Å²) in [6.07, 6.45) is 2.68. The lowest BCUT2D eigenvalue weighted by atomic mass is 10.0. The van der Waals surface area contributed by atoms with E-state index in [1.807, 2.05) is 39.8 Å². The van der Waals surface area contributed by atoms with E-state index in [9.17, 15) is 4.79 Å². The van der Waals surface area contributed by atoms with Crippen LogP contribution in [0.4, 0.5) is 0 Å². The first-order valence-electron chi connectivity index (χ1n) is 7.46. The van der Waals surface area contributed by atoms with Crippen molar-refractivity contribution >= 4 is 5.91 Å². The van der Waals surface area contributed by atoms with Gasteiger partial charge in [-0.3, -0.25) is 4.79 Å². The van der Waals surface area contributed by atoms with E-state index in [0.717, 1.165) is 12.0 Å². The molecule has 0 spiro atoms. The predicted octanol–water partition coefficient (Wildman–Crippen LogP) is 2.26. The van der Waals surface area contributed by atoms with Crippen LogP contribution >= 0.6 is 0 Å². The second-order valence-electron chi connectivity index (χ2n) is 6.02. The molecule has 1 aromatic heterocycles. The molecule has 0 radical (unpaired) electrons. The third-order valence-corrected chi connectivity index (χ3v) is 3.16. The first-order chi connectivity index (χ1) is 9.84. The molecule has 0 saturated heterocycles. The van der Waals surface area contributed by atoms with Crippen molar-refractivity contribution in [2.24, 2.45) is 0 Å². The monoisotopic (exact) mass is 293 g/mol. The van der Waals surface area contributed by atoms with E-state index in [2.05, 4.69) is 22.5 Å². The number of hydrogen-bond acceptors (Lipinski definition) is 4. The minimum atomic E-state index is -0.168. The number of amides is 1. The van der Waals surface area contributed by atoms with Gasteiger partial charge in [-0.2, -0.15) is 0 Å². The summed E-state index contributed by atoms with van der Waals surface area (Å²) in [5.41, 5.74) is 0.785. The van der Waals surface area contributed by atoms with Crippen LogP contribution in [0.25, 0.3) is 0 Å². The largest absolute Gasteiger partial charge is 0.475 e. The molecular formula is C16H27N3O2. The van der Waals surface area contributed by atoms with Gasteiger partial charge < -0.3 is 15.4 Å². The molecule has 118 valence electrons. The van der Waals surface area contributed by atoms with E-state index in [4.69, 9.17) is 4.74 Å². The topological polar surface area (TPSA) is 63.2 Å². The maximum absolute atomic E-state index is 11.8. The number of ether oxygens (including phenoxy) is 1. The molecule has 0 aromatic carbocycles. The van der Waals surface area contributed by atoms with Crippen LogP contribution in [-0.2, 0) is 11.3 Å². The Bertz CT molecular complexity index is 459. The fourth-order valence-corrected chi connectivity index (χ4v) is 1.71. The molecule has 2 N–H and O–H groups in total. The number of nitrogens with one attached hydrogen (secondary N) is 2. The molecule has 0 aliphatic carbocycles. The van der Waals surface area contributed by atoms with Crippen molar-refractivity contribution in [2.75, 3.05) is 6.54 Å². The van der Waals surface area contributed by atoms with E-state index >= 15 is 0 Å². The van der Waals surface area contributed by atoms with Crippen LogP contribution in [0.3, 0.4) is 0 Å². The van der Waals surface area contributed by atoms with Crippen molar-refractivity contribution in [3.05, 3.63) is 23.9 Å². The molecule has 0 bridgehead atoms. The predicted molar refractivity (Wildman–Crippen MR) is 84.2 cm³/mol. The van der Waals surface area contributed by atoms with Crippen LogP contribution in [0.5, 0.6) is 5.88 Å². The molecule has 1 heterocycles. The minimum absolute atomic E-state index is 0.00271. The van der Waals surface area contributed by atoms with Crippen LogP contribution in [-0.4, -0.2) is 29.1 Å². The van der Waals surface area contributed by atoms with Crippen LogP contribution in [0.2, 0.25) is 0 Å². The highest BCUT2D eigenvalue weighted by Crippen LogP contribution is 2.15. The Balaban J connectivity index is 2.47. The average Bonchev–Trinajstić information content (AvgIpc) is 2.39. The summed E-state index contributed by atoms with van der Waals surface area (Å²) in [5, 5.41) is 6.12. The van der Waals surface area contributed by atoms with Crippen molar-refractivity contribution in [3.8, 4) is 5.88 Å². The number of pyridine rings is 1. The van der Waals surface area contributed by atoms with E-state index in [-0.39, 0.29) is 24.1 Å². The summed E-state index contributed by atoms with van der Waals surface area (Å²) in [5.74, 6) is 0.617. The third-order valence-electron chi connectivity index (χ3n) is 3.16. The zero-order valence-electron chi connectivity index (χ0n) is 13.7. The lowest BCUT2D eigenvalue weighted by Crippen LogP contribution is -2.46. The highest BCUT2D eigenvalue weighted by Gasteiger charge is 2.17. The number of carbonyl (C=O) groups is 1. The standard InChI is InChI=1S/C16H27N3O2/c1-6-16(4,5)19-14(20)11-17-10-13-8-7-9-18-15(13)21-12(2)3/h7-9,12,17H,6,10-11H2,1-5H3,(H,19,20). The summed E-state index contributed by atoms with van der Waals surface area (Å²) in [7, 11) is 0. The highest BCUT2D eigenvalue weighted by atomic mass is 16.5. The maximum atomic E-state index is 11.8. The molecule has 0 aliphatic rings. The first kappa shape index (κ1) is 17.4. The van der Waals surface area contributed by atoms with Gasteiger partial charge in [0.2, 0.25) is 11.8 Å². The minimum Gasteiger partial charge on any atom is -0.475 e. The van der Waals surface area contributed by atoms with Crippen molar-refractivity contribution in [1.29, 1.82) is 0 Å². The Morgan fingerprint density at radius 2 is 2.14 bits per heavy atom. The molecule has 5 nitrogen and oxygen atoms in total.